The Morgan fingerprint density at radius 3 is 2.53 bits per heavy atom. The van der Waals surface area contributed by atoms with Gasteiger partial charge in [0.2, 0.25) is 0 Å². The van der Waals surface area contributed by atoms with Gasteiger partial charge >= 0.3 is 5.97 Å². The van der Waals surface area contributed by atoms with E-state index in [9.17, 15) is 18.4 Å². The topological polar surface area (TPSA) is 81.3 Å². The SMILES string of the molecule is COc1c[nH]c(=O)c(C(Cc2ccccn2)C(=O)OC(C)(C)C)c1-c1cc(Cl)ccc1C(F)F. The highest BCUT2D eigenvalue weighted by Gasteiger charge is 2.34. The van der Waals surface area contributed by atoms with Crippen molar-refractivity contribution in [3.63, 3.8) is 0 Å². The molecule has 0 aliphatic heterocycles. The molecule has 34 heavy (non-hydrogen) atoms. The average molecular weight is 491 g/mol. The Kier molecular flexibility index (Phi) is 7.71. The van der Waals surface area contributed by atoms with E-state index in [1.54, 1.807) is 45.2 Å². The van der Waals surface area contributed by atoms with E-state index in [1.165, 1.54) is 31.5 Å². The van der Waals surface area contributed by atoms with E-state index < -0.39 is 29.5 Å². The summed E-state index contributed by atoms with van der Waals surface area (Å²) in [5, 5.41) is 0.186. The van der Waals surface area contributed by atoms with Gasteiger partial charge in [0, 0.05) is 46.2 Å². The smallest absolute Gasteiger partial charge is 0.314 e. The Labute approximate surface area is 200 Å². The molecule has 1 N–H and O–H groups in total. The Bertz CT molecular complexity index is 1220. The second kappa shape index (κ2) is 10.3. The van der Waals surface area contributed by atoms with Crippen molar-refractivity contribution < 1.29 is 23.0 Å². The Morgan fingerprint density at radius 2 is 1.94 bits per heavy atom. The number of methoxy groups -OCH3 is 1. The highest BCUT2D eigenvalue weighted by atomic mass is 35.5. The summed E-state index contributed by atoms with van der Waals surface area (Å²) in [5.74, 6) is -1.75. The molecule has 0 bridgehead atoms. The Morgan fingerprint density at radius 1 is 1.21 bits per heavy atom. The zero-order valence-corrected chi connectivity index (χ0v) is 20.0. The average Bonchev–Trinajstić information content (AvgIpc) is 2.76. The van der Waals surface area contributed by atoms with Crippen molar-refractivity contribution in [3.05, 3.63) is 81.0 Å². The molecule has 180 valence electrons. The number of halogens is 3. The van der Waals surface area contributed by atoms with Crippen molar-refractivity contribution in [1.29, 1.82) is 0 Å². The fraction of sp³-hybridized carbons (Fsp3) is 0.320. The molecule has 0 spiro atoms. The molecule has 3 aromatic rings. The van der Waals surface area contributed by atoms with Crippen LogP contribution in [0.15, 0.2) is 53.6 Å². The third kappa shape index (κ3) is 5.80. The summed E-state index contributed by atoms with van der Waals surface area (Å²) in [6, 6.07) is 9.03. The normalized spacial score (nSPS) is 12.5. The van der Waals surface area contributed by atoms with Crippen LogP contribution >= 0.6 is 11.6 Å². The molecule has 0 saturated heterocycles. The number of ether oxygens (including phenoxy) is 2. The van der Waals surface area contributed by atoms with Crippen molar-refractivity contribution >= 4 is 17.6 Å². The molecule has 6 nitrogen and oxygen atoms in total. The number of hydrogen-bond donors (Lipinski definition) is 1. The molecule has 0 radical (unpaired) electrons. The zero-order chi connectivity index (χ0) is 25.0. The number of pyridine rings is 2. The number of hydrogen-bond acceptors (Lipinski definition) is 5. The summed E-state index contributed by atoms with van der Waals surface area (Å²) in [7, 11) is 1.34. The number of carbonyl (C=O) groups excluding carboxylic acids is 1. The van der Waals surface area contributed by atoms with E-state index in [2.05, 4.69) is 9.97 Å². The molecule has 0 aliphatic carbocycles. The highest BCUT2D eigenvalue weighted by Crippen LogP contribution is 2.42. The van der Waals surface area contributed by atoms with E-state index >= 15 is 0 Å². The van der Waals surface area contributed by atoms with Gasteiger partial charge in [-0.2, -0.15) is 0 Å². The predicted octanol–water partition coefficient (Wildman–Crippen LogP) is 5.70. The second-order valence-corrected chi connectivity index (χ2v) is 9.05. The minimum Gasteiger partial charge on any atom is -0.495 e. The first-order valence-electron chi connectivity index (χ1n) is 10.5. The standard InChI is InChI=1S/C25H25ClF2N2O4/c1-25(2,3)34-24(32)18(12-15-7-5-6-10-29-15)21-20(19(33-4)13-30-23(21)31)17-11-14(26)8-9-16(17)22(27)28/h5-11,13,18,22H,12H2,1-4H3,(H,30,31). The molecule has 0 saturated carbocycles. The van der Waals surface area contributed by atoms with Crippen molar-refractivity contribution in [2.75, 3.05) is 7.11 Å². The lowest BCUT2D eigenvalue weighted by atomic mass is 9.86. The first-order chi connectivity index (χ1) is 16.0. The van der Waals surface area contributed by atoms with Crippen LogP contribution in [0.2, 0.25) is 5.02 Å². The number of nitrogens with one attached hydrogen (secondary N) is 1. The molecule has 0 aliphatic rings. The third-order valence-corrected chi connectivity index (χ3v) is 5.25. The number of carbonyl (C=O) groups is 1. The summed E-state index contributed by atoms with van der Waals surface area (Å²) < 4.78 is 39.0. The van der Waals surface area contributed by atoms with Gasteiger partial charge in [-0.3, -0.25) is 14.6 Å². The van der Waals surface area contributed by atoms with E-state index in [1.807, 2.05) is 0 Å². The van der Waals surface area contributed by atoms with Crippen LogP contribution < -0.4 is 10.3 Å². The minimum atomic E-state index is -2.86. The van der Waals surface area contributed by atoms with Crippen molar-refractivity contribution in [3.8, 4) is 16.9 Å². The first kappa shape index (κ1) is 25.4. The fourth-order valence-electron chi connectivity index (χ4n) is 3.64. The number of benzene rings is 1. The molecule has 1 unspecified atom stereocenters. The summed E-state index contributed by atoms with van der Waals surface area (Å²) in [6.07, 6.45) is -0.0300. The van der Waals surface area contributed by atoms with E-state index in [0.29, 0.717) is 5.69 Å². The lowest BCUT2D eigenvalue weighted by Crippen LogP contribution is -2.32. The van der Waals surface area contributed by atoms with Crippen LogP contribution in [0.25, 0.3) is 11.1 Å². The number of alkyl halides is 2. The van der Waals surface area contributed by atoms with Crippen LogP contribution in [-0.2, 0) is 16.0 Å². The monoisotopic (exact) mass is 490 g/mol. The molecule has 1 atom stereocenters. The predicted molar refractivity (Wildman–Crippen MR) is 126 cm³/mol. The quantitative estimate of drug-likeness (QED) is 0.429. The van der Waals surface area contributed by atoms with Gasteiger partial charge in [-0.15, -0.1) is 0 Å². The van der Waals surface area contributed by atoms with Gasteiger partial charge in [0.25, 0.3) is 12.0 Å². The number of rotatable bonds is 7. The lowest BCUT2D eigenvalue weighted by molar-refractivity contribution is -0.156. The van der Waals surface area contributed by atoms with Crippen LogP contribution in [0.3, 0.4) is 0 Å². The molecular weight excluding hydrogens is 466 g/mol. The van der Waals surface area contributed by atoms with Gasteiger partial charge in [-0.1, -0.05) is 23.7 Å². The molecular formula is C25H25ClF2N2O4. The Hall–Kier alpha value is -3.26. The third-order valence-electron chi connectivity index (χ3n) is 5.01. The summed E-state index contributed by atoms with van der Waals surface area (Å²) in [5.41, 5.74) is -1.34. The van der Waals surface area contributed by atoms with Gasteiger partial charge < -0.3 is 14.5 Å². The van der Waals surface area contributed by atoms with E-state index in [0.717, 1.165) is 0 Å². The fourth-order valence-corrected chi connectivity index (χ4v) is 3.81. The number of esters is 1. The van der Waals surface area contributed by atoms with Gasteiger partial charge in [-0.05, 0) is 50.6 Å². The lowest BCUT2D eigenvalue weighted by Gasteiger charge is -2.26. The second-order valence-electron chi connectivity index (χ2n) is 8.62. The number of aromatic nitrogens is 2. The first-order valence-corrected chi connectivity index (χ1v) is 10.9. The maximum atomic E-state index is 14.0. The molecule has 0 fully saturated rings. The molecule has 9 heteroatoms. The summed E-state index contributed by atoms with van der Waals surface area (Å²) in [6.45, 7) is 5.10. The summed E-state index contributed by atoms with van der Waals surface area (Å²) in [4.78, 5) is 33.4. The molecule has 3 rings (SSSR count). The van der Waals surface area contributed by atoms with Crippen LogP contribution in [0.5, 0.6) is 5.75 Å². The number of nitrogens with zero attached hydrogens (tertiary/aromatic N) is 1. The summed E-state index contributed by atoms with van der Waals surface area (Å²) >= 11 is 6.14. The van der Waals surface area contributed by atoms with Crippen LogP contribution in [-0.4, -0.2) is 28.6 Å². The van der Waals surface area contributed by atoms with Crippen molar-refractivity contribution in [1.82, 2.24) is 9.97 Å². The molecule has 2 heterocycles. The number of H-pyrrole nitrogens is 1. The van der Waals surface area contributed by atoms with E-state index in [-0.39, 0.29) is 39.4 Å². The maximum absolute atomic E-state index is 14.0. The largest absolute Gasteiger partial charge is 0.495 e. The maximum Gasteiger partial charge on any atom is 0.314 e. The Balaban J connectivity index is 2.33. The number of aromatic amines is 1. The highest BCUT2D eigenvalue weighted by molar-refractivity contribution is 6.31. The van der Waals surface area contributed by atoms with Crippen LogP contribution in [0.1, 0.15) is 49.9 Å². The van der Waals surface area contributed by atoms with Crippen molar-refractivity contribution in [2.24, 2.45) is 0 Å². The molecule has 1 aromatic carbocycles. The van der Waals surface area contributed by atoms with Gasteiger partial charge in [0.1, 0.15) is 11.4 Å². The van der Waals surface area contributed by atoms with E-state index in [4.69, 9.17) is 21.1 Å². The zero-order valence-electron chi connectivity index (χ0n) is 19.2. The minimum absolute atomic E-state index is 0.00355. The van der Waals surface area contributed by atoms with Crippen LogP contribution in [0.4, 0.5) is 8.78 Å². The van der Waals surface area contributed by atoms with Crippen molar-refractivity contribution in [2.45, 2.75) is 45.1 Å². The van der Waals surface area contributed by atoms with Gasteiger partial charge in [-0.25, -0.2) is 8.78 Å². The van der Waals surface area contributed by atoms with Crippen LogP contribution in [0, 0.1) is 0 Å². The molecule has 0 amide bonds. The molecule has 2 aromatic heterocycles. The van der Waals surface area contributed by atoms with Gasteiger partial charge in [0.15, 0.2) is 0 Å². The van der Waals surface area contributed by atoms with Gasteiger partial charge in [0.05, 0.1) is 13.0 Å².